The molecule has 0 aliphatic heterocycles. The zero-order valence-corrected chi connectivity index (χ0v) is 32.5. The molecule has 50 heavy (non-hydrogen) atoms. The largest absolute Gasteiger partial charge is 0.481 e. The smallest absolute Gasteiger partial charge is 0.325 e. The van der Waals surface area contributed by atoms with Gasteiger partial charge >= 0.3 is 17.9 Å². The molecular weight excluding hydrogens is 632 g/mol. The Labute approximate surface area is 299 Å². The summed E-state index contributed by atoms with van der Waals surface area (Å²) in [6.07, 6.45) is 10.7. The number of carboxylic acids is 2. The van der Waals surface area contributed by atoms with Crippen molar-refractivity contribution in [2.45, 2.75) is 157 Å². The number of carbonyl (C=O) groups is 3. The number of fused-ring (bicyclic) bond motifs is 5. The lowest BCUT2D eigenvalue weighted by Crippen LogP contribution is -2.62. The van der Waals surface area contributed by atoms with Gasteiger partial charge in [0.1, 0.15) is 12.6 Å². The van der Waals surface area contributed by atoms with E-state index in [1.807, 2.05) is 18.7 Å². The predicted molar refractivity (Wildman–Crippen MR) is 194 cm³/mol. The highest BCUT2D eigenvalue weighted by molar-refractivity contribution is 5.81. The zero-order chi connectivity index (χ0) is 37.2. The summed E-state index contributed by atoms with van der Waals surface area (Å²) in [5.41, 5.74) is 2.69. The third kappa shape index (κ3) is 6.00. The summed E-state index contributed by atoms with van der Waals surface area (Å²) in [4.78, 5) is 49.4. The second kappa shape index (κ2) is 13.3. The number of esters is 1. The van der Waals surface area contributed by atoms with Crippen LogP contribution in [-0.2, 0) is 38.1 Å². The monoisotopic (exact) mass is 696 g/mol. The molecule has 0 unspecified atom stereocenters. The van der Waals surface area contributed by atoms with Gasteiger partial charge in [0.25, 0.3) is 5.56 Å². The third-order valence-corrected chi connectivity index (χ3v) is 15.3. The van der Waals surface area contributed by atoms with Crippen molar-refractivity contribution in [1.82, 2.24) is 9.36 Å². The lowest BCUT2D eigenvalue weighted by Gasteiger charge is -2.69. The highest BCUT2D eigenvalue weighted by Crippen LogP contribution is 2.75. The van der Waals surface area contributed by atoms with Crippen LogP contribution in [0.1, 0.15) is 145 Å². The first-order chi connectivity index (χ1) is 23.2. The van der Waals surface area contributed by atoms with Gasteiger partial charge in [-0.1, -0.05) is 59.6 Å². The van der Waals surface area contributed by atoms with Crippen LogP contribution in [0.2, 0.25) is 0 Å². The van der Waals surface area contributed by atoms with Gasteiger partial charge in [-0.2, -0.15) is 0 Å². The molecule has 0 saturated heterocycles. The number of carboxylic acid groups (broad SMARTS) is 2. The lowest BCUT2D eigenvalue weighted by molar-refractivity contribution is -0.184. The van der Waals surface area contributed by atoms with Gasteiger partial charge in [-0.15, -0.1) is 0 Å². The minimum absolute atomic E-state index is 0.0680. The molecule has 0 amide bonds. The van der Waals surface area contributed by atoms with Gasteiger partial charge in [-0.25, -0.2) is 4.68 Å². The van der Waals surface area contributed by atoms with Gasteiger partial charge in [0, 0.05) is 18.5 Å². The number of ether oxygens (including phenoxy) is 1. The molecule has 0 aromatic carbocycles. The molecule has 8 atom stereocenters. The van der Waals surface area contributed by atoms with E-state index in [4.69, 9.17) is 4.74 Å². The molecular formula is C41H64N2O7. The molecule has 280 valence electrons. The van der Waals surface area contributed by atoms with Crippen LogP contribution in [0.25, 0.3) is 0 Å². The molecule has 9 heteroatoms. The third-order valence-electron chi connectivity index (χ3n) is 15.3. The fourth-order valence-electron chi connectivity index (χ4n) is 11.8. The van der Waals surface area contributed by atoms with E-state index in [9.17, 15) is 29.4 Å². The minimum Gasteiger partial charge on any atom is -0.481 e. The number of carbonyl (C=O) groups excluding carboxylic acids is 1. The Kier molecular flexibility index (Phi) is 10.2. The van der Waals surface area contributed by atoms with Crippen LogP contribution in [0.4, 0.5) is 0 Å². The SMILES string of the molecule is CC[C@H](CC[C@@]1(C)[C@H](C)CC[C@]2(C)[C@@H]1CC[C@@H]1C3=C(C(C)C)CC[C@]3(c3cc(=O)n(CC(=O)O)n3C)CC[C@]12C)OC(=O)CC(C)(C)C(=O)O. The number of nitrogens with zero attached hydrogens (tertiary/aromatic N) is 2. The van der Waals surface area contributed by atoms with E-state index < -0.39 is 23.3 Å². The summed E-state index contributed by atoms with van der Waals surface area (Å²) in [5.74, 6) is -0.593. The maximum Gasteiger partial charge on any atom is 0.325 e. The van der Waals surface area contributed by atoms with Crippen molar-refractivity contribution in [2.24, 2.45) is 52.4 Å². The fourth-order valence-corrected chi connectivity index (χ4v) is 11.8. The van der Waals surface area contributed by atoms with Gasteiger partial charge in [-0.05, 0) is 124 Å². The van der Waals surface area contributed by atoms with Crippen molar-refractivity contribution < 1.29 is 29.3 Å². The topological polar surface area (TPSA) is 128 Å². The maximum atomic E-state index is 13.2. The fraction of sp³-hybridized carbons (Fsp3) is 0.805. The van der Waals surface area contributed by atoms with Crippen LogP contribution >= 0.6 is 0 Å². The molecule has 3 saturated carbocycles. The number of allylic oxidation sites excluding steroid dienone is 2. The number of aromatic nitrogens is 2. The van der Waals surface area contributed by atoms with Crippen LogP contribution in [0.15, 0.2) is 22.0 Å². The van der Waals surface area contributed by atoms with E-state index in [1.165, 1.54) is 11.1 Å². The van der Waals surface area contributed by atoms with Gasteiger partial charge in [0.05, 0.1) is 17.5 Å². The van der Waals surface area contributed by atoms with Crippen molar-refractivity contribution in [3.63, 3.8) is 0 Å². The Morgan fingerprint density at radius 3 is 2.30 bits per heavy atom. The van der Waals surface area contributed by atoms with Crippen LogP contribution in [-0.4, -0.2) is 43.6 Å². The summed E-state index contributed by atoms with van der Waals surface area (Å²) in [5, 5.41) is 19.1. The van der Waals surface area contributed by atoms with E-state index in [1.54, 1.807) is 31.1 Å². The van der Waals surface area contributed by atoms with Crippen LogP contribution in [0, 0.1) is 45.3 Å². The van der Waals surface area contributed by atoms with E-state index in [-0.39, 0.29) is 46.3 Å². The lowest BCUT2D eigenvalue weighted by atomic mass is 9.35. The first kappa shape index (κ1) is 38.4. The summed E-state index contributed by atoms with van der Waals surface area (Å²) in [7, 11) is 1.87. The molecule has 0 bridgehead atoms. The van der Waals surface area contributed by atoms with E-state index in [0.717, 1.165) is 63.5 Å². The highest BCUT2D eigenvalue weighted by Gasteiger charge is 2.67. The van der Waals surface area contributed by atoms with Gasteiger partial charge in [0.2, 0.25) is 0 Å². The van der Waals surface area contributed by atoms with Crippen molar-refractivity contribution in [2.75, 3.05) is 0 Å². The van der Waals surface area contributed by atoms with Gasteiger partial charge in [-0.3, -0.25) is 23.9 Å². The molecule has 4 aliphatic rings. The molecule has 4 aliphatic carbocycles. The molecule has 9 nitrogen and oxygen atoms in total. The summed E-state index contributed by atoms with van der Waals surface area (Å²) in [6, 6.07) is 1.74. The van der Waals surface area contributed by atoms with Gasteiger partial charge in [0.15, 0.2) is 0 Å². The van der Waals surface area contributed by atoms with Crippen molar-refractivity contribution in [1.29, 1.82) is 0 Å². The Morgan fingerprint density at radius 1 is 1.02 bits per heavy atom. The number of hydrogen-bond acceptors (Lipinski definition) is 5. The number of hydrogen-bond donors (Lipinski definition) is 2. The average Bonchev–Trinajstić information content (AvgIpc) is 3.55. The van der Waals surface area contributed by atoms with Crippen molar-refractivity contribution in [3.05, 3.63) is 33.3 Å². The van der Waals surface area contributed by atoms with Crippen LogP contribution in [0.5, 0.6) is 0 Å². The molecule has 0 spiro atoms. The number of rotatable bonds is 12. The maximum absolute atomic E-state index is 13.2. The molecule has 0 radical (unpaired) electrons. The molecule has 1 heterocycles. The first-order valence-corrected chi connectivity index (χ1v) is 19.3. The molecule has 1 aromatic heterocycles. The second-order valence-electron chi connectivity index (χ2n) is 18.4. The van der Waals surface area contributed by atoms with E-state index >= 15 is 0 Å². The van der Waals surface area contributed by atoms with Crippen molar-refractivity contribution >= 4 is 17.9 Å². The number of aliphatic carboxylic acids is 2. The minimum atomic E-state index is -1.16. The average molecular weight is 697 g/mol. The molecule has 1 aromatic rings. The van der Waals surface area contributed by atoms with Crippen LogP contribution < -0.4 is 5.56 Å². The van der Waals surface area contributed by atoms with Crippen LogP contribution in [0.3, 0.4) is 0 Å². The summed E-state index contributed by atoms with van der Waals surface area (Å²) < 4.78 is 9.17. The normalized spacial score (nSPS) is 34.6. The standard InChI is InChI=1S/C41H64N2O7/c1-11-27(50-34(47)23-37(5,6)36(48)49)15-17-38(7)26(4)14-18-40(9)30(38)13-12-29-35-28(25(2)3)16-19-41(35,21-20-39(29,40)8)31-22-32(44)43(42(31)10)24-33(45)46/h22,25-27,29-30H,11-21,23-24H2,1-10H3,(H,45,46)(H,48,49)/t26-,27-,29-,30-,38+,39-,40-,41-/m1/s1. The summed E-state index contributed by atoms with van der Waals surface area (Å²) >= 11 is 0. The van der Waals surface area contributed by atoms with E-state index in [0.29, 0.717) is 30.1 Å². The Balaban J connectivity index is 1.46. The highest BCUT2D eigenvalue weighted by atomic mass is 16.5. The van der Waals surface area contributed by atoms with Crippen molar-refractivity contribution in [3.8, 4) is 0 Å². The Hall–Kier alpha value is -2.84. The molecule has 3 fully saturated rings. The molecule has 2 N–H and O–H groups in total. The first-order valence-electron chi connectivity index (χ1n) is 19.3. The molecule has 5 rings (SSSR count). The second-order valence-corrected chi connectivity index (χ2v) is 18.4. The van der Waals surface area contributed by atoms with Gasteiger partial charge < -0.3 is 14.9 Å². The zero-order valence-electron chi connectivity index (χ0n) is 32.5. The van der Waals surface area contributed by atoms with E-state index in [2.05, 4.69) is 41.5 Å². The predicted octanol–water partition coefficient (Wildman–Crippen LogP) is 8.13. The summed E-state index contributed by atoms with van der Waals surface area (Å²) in [6.45, 7) is 19.5. The Bertz CT molecular complexity index is 1600. The Morgan fingerprint density at radius 2 is 1.70 bits per heavy atom. The quantitative estimate of drug-likeness (QED) is 0.167.